The second-order valence-corrected chi connectivity index (χ2v) is 10.0. The molecule has 1 heterocycles. The second kappa shape index (κ2) is 10.9. The van der Waals surface area contributed by atoms with Gasteiger partial charge in [0.15, 0.2) is 5.82 Å². The van der Waals surface area contributed by atoms with E-state index in [0.717, 1.165) is 16.7 Å². The van der Waals surface area contributed by atoms with Gasteiger partial charge >= 0.3 is 0 Å². The first-order valence-electron chi connectivity index (χ1n) is 11.4. The second-order valence-electron chi connectivity index (χ2n) is 8.46. The van der Waals surface area contributed by atoms with Crippen molar-refractivity contribution in [3.05, 3.63) is 117 Å². The third kappa shape index (κ3) is 5.04. The molecule has 1 unspecified atom stereocenters. The van der Waals surface area contributed by atoms with Gasteiger partial charge in [0.25, 0.3) is 5.56 Å². The summed E-state index contributed by atoms with van der Waals surface area (Å²) < 4.78 is 108. The summed E-state index contributed by atoms with van der Waals surface area (Å²) in [6.07, 6.45) is 0. The Hall–Kier alpha value is -4.29. The van der Waals surface area contributed by atoms with Gasteiger partial charge in [-0.3, -0.25) is 9.36 Å². The van der Waals surface area contributed by atoms with E-state index in [1.807, 2.05) is 0 Å². The van der Waals surface area contributed by atoms with E-state index in [4.69, 9.17) is 16.3 Å². The van der Waals surface area contributed by atoms with Crippen molar-refractivity contribution in [1.29, 1.82) is 0 Å². The maximum atomic E-state index is 15.6. The number of nitrogens with zero attached hydrogens (tertiary/aromatic N) is 1. The lowest BCUT2D eigenvalue weighted by Crippen LogP contribution is -2.19. The minimum absolute atomic E-state index is 0.00289. The summed E-state index contributed by atoms with van der Waals surface area (Å²) in [5.41, 5.74) is 0.230. The quantitative estimate of drug-likeness (QED) is 0.116. The van der Waals surface area contributed by atoms with Crippen molar-refractivity contribution < 1.29 is 39.5 Å². The average Bonchev–Trinajstić information content (AvgIpc) is 2.97. The molecule has 210 valence electrons. The number of benzene rings is 4. The first-order valence-corrected chi connectivity index (χ1v) is 12.9. The molecular formula is C28H14ClF6NO4S. The fraction of sp³-hybridized carbons (Fsp3) is 0.0357. The lowest BCUT2D eigenvalue weighted by Gasteiger charge is -2.17. The van der Waals surface area contributed by atoms with Gasteiger partial charge in [0.2, 0.25) is 45.9 Å². The van der Waals surface area contributed by atoms with Gasteiger partial charge in [-0.15, -0.1) is 0 Å². The Morgan fingerprint density at radius 2 is 1.46 bits per heavy atom. The van der Waals surface area contributed by atoms with E-state index >= 15 is 4.39 Å². The Bertz CT molecular complexity index is 1920. The van der Waals surface area contributed by atoms with E-state index in [1.165, 1.54) is 37.4 Å². The van der Waals surface area contributed by atoms with Gasteiger partial charge in [-0.1, -0.05) is 23.7 Å². The summed E-state index contributed by atoms with van der Waals surface area (Å²) in [6, 6.07) is 15.3. The van der Waals surface area contributed by atoms with Gasteiger partial charge in [0.05, 0.1) is 17.5 Å². The summed E-state index contributed by atoms with van der Waals surface area (Å²) in [5.74, 6) is -14.1. The van der Waals surface area contributed by atoms with Crippen molar-refractivity contribution in [1.82, 2.24) is 4.57 Å². The molecule has 0 aliphatic carbocycles. The normalized spacial score (nSPS) is 12.0. The van der Waals surface area contributed by atoms with Crippen LogP contribution in [0.2, 0.25) is 5.02 Å². The lowest BCUT2D eigenvalue weighted by atomic mass is 10.0. The molecule has 5 rings (SSSR count). The number of rotatable bonds is 6. The number of methoxy groups -OCH3 is 1. The van der Waals surface area contributed by atoms with Gasteiger partial charge in [-0.05, 0) is 59.7 Å². The topological polar surface area (TPSA) is 57.5 Å². The zero-order valence-electron chi connectivity index (χ0n) is 20.5. The van der Waals surface area contributed by atoms with Gasteiger partial charge < -0.3 is 8.92 Å². The lowest BCUT2D eigenvalue weighted by molar-refractivity contribution is 0.352. The largest absolute Gasteiger partial charge is 0.494 e. The van der Waals surface area contributed by atoms with E-state index in [-0.39, 0.29) is 27.2 Å². The van der Waals surface area contributed by atoms with Crippen molar-refractivity contribution in [3.8, 4) is 28.3 Å². The summed E-state index contributed by atoms with van der Waals surface area (Å²) in [5, 5.41) is 0.616. The van der Waals surface area contributed by atoms with Gasteiger partial charge in [0.1, 0.15) is 11.4 Å². The molecule has 0 spiro atoms. The van der Waals surface area contributed by atoms with E-state index in [0.29, 0.717) is 16.1 Å². The highest BCUT2D eigenvalue weighted by Crippen LogP contribution is 2.35. The monoisotopic (exact) mass is 609 g/mol. The van der Waals surface area contributed by atoms with Crippen molar-refractivity contribution >= 4 is 33.6 Å². The number of halogens is 7. The fourth-order valence-electron chi connectivity index (χ4n) is 4.12. The Balaban J connectivity index is 1.59. The maximum Gasteiger partial charge on any atom is 0.255 e. The van der Waals surface area contributed by atoms with E-state index < -0.39 is 57.3 Å². The van der Waals surface area contributed by atoms with Crippen LogP contribution >= 0.6 is 11.6 Å². The van der Waals surface area contributed by atoms with E-state index in [2.05, 4.69) is 4.18 Å². The van der Waals surface area contributed by atoms with Crippen LogP contribution in [0.3, 0.4) is 0 Å². The molecule has 0 amide bonds. The SMILES string of the molecule is COc1cc(-c2cccc(Cl)c2)cc(F)c1-n1c(=O)ccc2cc(S(=O)Oc3c(F)c(F)c(F)c(F)c3F)ccc21. The zero-order chi connectivity index (χ0) is 29.6. The smallest absolute Gasteiger partial charge is 0.255 e. The van der Waals surface area contributed by atoms with Crippen molar-refractivity contribution in [2.45, 2.75) is 4.90 Å². The third-order valence-corrected chi connectivity index (χ3v) is 7.21. The number of pyridine rings is 1. The zero-order valence-corrected chi connectivity index (χ0v) is 22.1. The number of hydrogen-bond donors (Lipinski definition) is 0. The summed E-state index contributed by atoms with van der Waals surface area (Å²) in [7, 11) is 1.29. The molecule has 0 N–H and O–H groups in total. The maximum absolute atomic E-state index is 15.6. The van der Waals surface area contributed by atoms with Gasteiger partial charge in [-0.2, -0.15) is 8.78 Å². The standard InChI is InChI=1S/C28H14ClF6NO4S/c1-39-20-12-15(13-3-2-4-16(29)9-13)11-18(30)27(20)36-19-7-6-17(10-14(19)5-8-21(36)37)41(38)40-28-25(34)23(32)22(31)24(33)26(28)35/h2-12H,1H3. The molecule has 1 aromatic heterocycles. The summed E-state index contributed by atoms with van der Waals surface area (Å²) >= 11 is 3.29. The van der Waals surface area contributed by atoms with Crippen LogP contribution in [0.15, 0.2) is 76.4 Å². The molecule has 0 fully saturated rings. The van der Waals surface area contributed by atoms with Crippen LogP contribution in [0.25, 0.3) is 27.7 Å². The minimum Gasteiger partial charge on any atom is -0.494 e. The first kappa shape index (κ1) is 28.2. The molecule has 0 saturated carbocycles. The third-order valence-electron chi connectivity index (χ3n) is 6.02. The molecule has 4 aromatic carbocycles. The van der Waals surface area contributed by atoms with Crippen LogP contribution < -0.4 is 14.5 Å². The molecule has 5 nitrogen and oxygen atoms in total. The van der Waals surface area contributed by atoms with E-state index in [1.54, 1.807) is 24.3 Å². The molecule has 13 heteroatoms. The Morgan fingerprint density at radius 1 is 0.780 bits per heavy atom. The van der Waals surface area contributed by atoms with Crippen LogP contribution in [0.5, 0.6) is 11.5 Å². The van der Waals surface area contributed by atoms with Crippen LogP contribution in [-0.2, 0) is 11.1 Å². The Labute approximate surface area is 234 Å². The van der Waals surface area contributed by atoms with Crippen molar-refractivity contribution in [3.63, 3.8) is 0 Å². The van der Waals surface area contributed by atoms with Crippen molar-refractivity contribution in [2.24, 2.45) is 0 Å². The summed E-state index contributed by atoms with van der Waals surface area (Å²) in [4.78, 5) is 12.7. The molecule has 0 aliphatic rings. The van der Waals surface area contributed by atoms with Gasteiger partial charge in [-0.25, -0.2) is 21.8 Å². The highest BCUT2D eigenvalue weighted by Gasteiger charge is 2.29. The highest BCUT2D eigenvalue weighted by molar-refractivity contribution is 7.80. The number of ether oxygens (including phenoxy) is 1. The molecule has 1 atom stereocenters. The fourth-order valence-corrected chi connectivity index (χ4v) is 5.11. The van der Waals surface area contributed by atoms with Gasteiger partial charge in [0, 0.05) is 16.5 Å². The molecule has 0 radical (unpaired) electrons. The molecule has 0 bridgehead atoms. The first-order chi connectivity index (χ1) is 19.5. The molecule has 0 aliphatic heterocycles. The number of hydrogen-bond acceptors (Lipinski definition) is 4. The van der Waals surface area contributed by atoms with Crippen LogP contribution in [0.1, 0.15) is 0 Å². The molecule has 0 saturated heterocycles. The molecule has 41 heavy (non-hydrogen) atoms. The Morgan fingerprint density at radius 3 is 2.12 bits per heavy atom. The predicted octanol–water partition coefficient (Wildman–Crippen LogP) is 7.26. The van der Waals surface area contributed by atoms with Crippen LogP contribution in [0.4, 0.5) is 26.3 Å². The predicted molar refractivity (Wildman–Crippen MR) is 140 cm³/mol. The highest BCUT2D eigenvalue weighted by atomic mass is 35.5. The molecular weight excluding hydrogens is 596 g/mol. The summed E-state index contributed by atoms with van der Waals surface area (Å²) in [6.45, 7) is 0. The van der Waals surface area contributed by atoms with E-state index in [9.17, 15) is 31.0 Å². The molecule has 5 aromatic rings. The number of aromatic nitrogens is 1. The average molecular weight is 610 g/mol. The van der Waals surface area contributed by atoms with Crippen molar-refractivity contribution in [2.75, 3.05) is 7.11 Å². The minimum atomic E-state index is -2.76. The Kier molecular flexibility index (Phi) is 7.54. The van der Waals surface area contributed by atoms with Crippen LogP contribution in [-0.4, -0.2) is 15.9 Å². The number of fused-ring (bicyclic) bond motifs is 1. The van der Waals surface area contributed by atoms with Crippen LogP contribution in [0, 0.1) is 34.9 Å².